The molecule has 7 nitrogen and oxygen atoms in total. The Hall–Kier alpha value is -2.67. The summed E-state index contributed by atoms with van der Waals surface area (Å²) in [5.41, 5.74) is 2.70. The Balaban J connectivity index is 1.43. The van der Waals surface area contributed by atoms with Crippen LogP contribution in [0.1, 0.15) is 41.9 Å². The van der Waals surface area contributed by atoms with Gasteiger partial charge in [-0.25, -0.2) is 0 Å². The number of hydrogen-bond donors (Lipinski definition) is 0. The van der Waals surface area contributed by atoms with E-state index in [1.54, 1.807) is 0 Å². The average molecular weight is 341 g/mol. The monoisotopic (exact) mass is 341 g/mol. The summed E-state index contributed by atoms with van der Waals surface area (Å²) >= 11 is 0. The molecule has 4 rings (SSSR count). The molecule has 3 aromatic rings. The summed E-state index contributed by atoms with van der Waals surface area (Å²) < 4.78 is 21.8. The van der Waals surface area contributed by atoms with Gasteiger partial charge in [-0.15, -0.1) is 0 Å². The molecule has 1 aromatic carbocycles. The lowest BCUT2D eigenvalue weighted by atomic mass is 10.2. The number of hydrogen-bond acceptors (Lipinski definition) is 7. The lowest BCUT2D eigenvalue weighted by molar-refractivity contribution is 0.0835. The molecule has 7 heteroatoms. The van der Waals surface area contributed by atoms with Crippen molar-refractivity contribution in [3.63, 3.8) is 0 Å². The van der Waals surface area contributed by atoms with E-state index in [1.807, 2.05) is 38.1 Å². The number of nitrogens with zero attached hydrogens (tertiary/aromatic N) is 3. The fourth-order valence-corrected chi connectivity index (χ4v) is 2.82. The zero-order chi connectivity index (χ0) is 17.2. The van der Waals surface area contributed by atoms with Gasteiger partial charge in [0.1, 0.15) is 24.2 Å². The molecule has 0 N–H and O–H groups in total. The van der Waals surface area contributed by atoms with E-state index in [2.05, 4.69) is 15.3 Å². The Morgan fingerprint density at radius 1 is 1.12 bits per heavy atom. The molecule has 2 aromatic heterocycles. The Morgan fingerprint density at radius 3 is 2.64 bits per heavy atom. The van der Waals surface area contributed by atoms with Crippen molar-refractivity contribution in [1.29, 1.82) is 0 Å². The molecule has 130 valence electrons. The summed E-state index contributed by atoms with van der Waals surface area (Å²) in [4.78, 5) is 4.44. The van der Waals surface area contributed by atoms with Gasteiger partial charge in [0.25, 0.3) is 5.89 Å². The lowest BCUT2D eigenvalue weighted by Crippen LogP contribution is -1.98. The summed E-state index contributed by atoms with van der Waals surface area (Å²) in [6.45, 7) is 4.95. The maximum absolute atomic E-state index is 5.81. The topological polar surface area (TPSA) is 83.4 Å². The maximum atomic E-state index is 5.81. The average Bonchev–Trinajstić information content (AvgIpc) is 3.36. The minimum absolute atomic E-state index is 0.0705. The molecule has 1 aliphatic heterocycles. The second-order valence-electron chi connectivity index (χ2n) is 6.07. The summed E-state index contributed by atoms with van der Waals surface area (Å²) in [5.74, 6) is 2.64. The van der Waals surface area contributed by atoms with Crippen molar-refractivity contribution < 1.29 is 18.5 Å². The van der Waals surface area contributed by atoms with E-state index in [9.17, 15) is 0 Å². The first-order chi connectivity index (χ1) is 12.2. The van der Waals surface area contributed by atoms with Crippen molar-refractivity contribution in [2.45, 2.75) is 39.4 Å². The van der Waals surface area contributed by atoms with E-state index in [-0.39, 0.29) is 6.10 Å². The molecular weight excluding hydrogens is 322 g/mol. The first kappa shape index (κ1) is 15.8. The van der Waals surface area contributed by atoms with Gasteiger partial charge in [0.15, 0.2) is 0 Å². The molecule has 1 fully saturated rings. The highest BCUT2D eigenvalue weighted by Gasteiger charge is 2.24. The van der Waals surface area contributed by atoms with Crippen LogP contribution in [0.25, 0.3) is 11.4 Å². The summed E-state index contributed by atoms with van der Waals surface area (Å²) in [6.07, 6.45) is 1.88. The number of ether oxygens (including phenoxy) is 2. The van der Waals surface area contributed by atoms with E-state index >= 15 is 0 Å². The van der Waals surface area contributed by atoms with Crippen LogP contribution < -0.4 is 4.74 Å². The zero-order valence-corrected chi connectivity index (χ0v) is 14.2. The van der Waals surface area contributed by atoms with Gasteiger partial charge in [0.05, 0.1) is 11.3 Å². The molecule has 1 saturated heterocycles. The predicted octanol–water partition coefficient (Wildman–Crippen LogP) is 3.77. The third-order valence-electron chi connectivity index (χ3n) is 4.32. The van der Waals surface area contributed by atoms with Crippen molar-refractivity contribution in [3.8, 4) is 17.1 Å². The van der Waals surface area contributed by atoms with Crippen molar-refractivity contribution in [1.82, 2.24) is 15.3 Å². The Kier molecular flexibility index (Phi) is 4.23. The van der Waals surface area contributed by atoms with Gasteiger partial charge in [-0.05, 0) is 51.0 Å². The van der Waals surface area contributed by atoms with Crippen LogP contribution in [0, 0.1) is 13.8 Å². The second-order valence-corrected chi connectivity index (χ2v) is 6.07. The van der Waals surface area contributed by atoms with Crippen LogP contribution in [0.4, 0.5) is 0 Å². The van der Waals surface area contributed by atoms with Gasteiger partial charge in [0.2, 0.25) is 5.82 Å². The minimum Gasteiger partial charge on any atom is -0.489 e. The van der Waals surface area contributed by atoms with Gasteiger partial charge in [-0.1, -0.05) is 10.3 Å². The SMILES string of the molecule is Cc1noc(C)c1COc1ccc(-c2noc(C3CCCO3)n2)cc1. The van der Waals surface area contributed by atoms with Gasteiger partial charge < -0.3 is 18.5 Å². The third kappa shape index (κ3) is 3.28. The van der Waals surface area contributed by atoms with Crippen molar-refractivity contribution in [3.05, 3.63) is 47.2 Å². The number of aromatic nitrogens is 3. The van der Waals surface area contributed by atoms with E-state index in [0.29, 0.717) is 18.3 Å². The largest absolute Gasteiger partial charge is 0.489 e. The summed E-state index contributed by atoms with van der Waals surface area (Å²) in [5, 5.41) is 7.97. The van der Waals surface area contributed by atoms with Gasteiger partial charge >= 0.3 is 0 Å². The summed E-state index contributed by atoms with van der Waals surface area (Å²) in [7, 11) is 0. The number of rotatable bonds is 5. The standard InChI is InChI=1S/C18H19N3O4/c1-11-15(12(2)24-20-11)10-23-14-7-5-13(6-8-14)17-19-18(25-21-17)16-4-3-9-22-16/h5-8,16H,3-4,9-10H2,1-2H3. The quantitative estimate of drug-likeness (QED) is 0.698. The van der Waals surface area contributed by atoms with E-state index in [1.165, 1.54) is 0 Å². The smallest absolute Gasteiger partial charge is 0.256 e. The molecule has 0 radical (unpaired) electrons. The molecule has 0 aliphatic carbocycles. The fourth-order valence-electron chi connectivity index (χ4n) is 2.82. The highest BCUT2D eigenvalue weighted by Crippen LogP contribution is 2.29. The van der Waals surface area contributed by atoms with Crippen LogP contribution in [-0.4, -0.2) is 21.9 Å². The molecule has 0 spiro atoms. The van der Waals surface area contributed by atoms with Crippen LogP contribution in [0.5, 0.6) is 5.75 Å². The van der Waals surface area contributed by atoms with E-state index in [4.69, 9.17) is 18.5 Å². The highest BCUT2D eigenvalue weighted by molar-refractivity contribution is 5.55. The maximum Gasteiger partial charge on any atom is 0.256 e. The van der Waals surface area contributed by atoms with Gasteiger partial charge in [-0.2, -0.15) is 4.98 Å². The normalized spacial score (nSPS) is 17.1. The molecule has 0 saturated carbocycles. The molecular formula is C18H19N3O4. The first-order valence-corrected chi connectivity index (χ1v) is 8.31. The van der Waals surface area contributed by atoms with Crippen molar-refractivity contribution in [2.24, 2.45) is 0 Å². The summed E-state index contributed by atoms with van der Waals surface area (Å²) in [6, 6.07) is 7.59. The zero-order valence-electron chi connectivity index (χ0n) is 14.2. The van der Waals surface area contributed by atoms with E-state index in [0.717, 1.165) is 47.8 Å². The van der Waals surface area contributed by atoms with Crippen molar-refractivity contribution >= 4 is 0 Å². The number of aryl methyl sites for hydroxylation is 2. The Morgan fingerprint density at radius 2 is 1.96 bits per heavy atom. The van der Waals surface area contributed by atoms with Crippen LogP contribution in [0.15, 0.2) is 33.3 Å². The van der Waals surface area contributed by atoms with Crippen LogP contribution in [0.3, 0.4) is 0 Å². The van der Waals surface area contributed by atoms with Gasteiger partial charge in [0, 0.05) is 12.2 Å². The molecule has 25 heavy (non-hydrogen) atoms. The van der Waals surface area contributed by atoms with Crippen LogP contribution >= 0.6 is 0 Å². The molecule has 1 atom stereocenters. The highest BCUT2D eigenvalue weighted by atomic mass is 16.5. The Labute approximate surface area is 144 Å². The fraction of sp³-hybridized carbons (Fsp3) is 0.389. The minimum atomic E-state index is -0.0705. The third-order valence-corrected chi connectivity index (χ3v) is 4.32. The molecule has 0 amide bonds. The first-order valence-electron chi connectivity index (χ1n) is 8.31. The second kappa shape index (κ2) is 6.68. The number of benzene rings is 1. The molecule has 1 aliphatic rings. The molecule has 0 bridgehead atoms. The van der Waals surface area contributed by atoms with Gasteiger partial charge in [-0.3, -0.25) is 0 Å². The van der Waals surface area contributed by atoms with E-state index < -0.39 is 0 Å². The van der Waals surface area contributed by atoms with Crippen LogP contribution in [0.2, 0.25) is 0 Å². The molecule has 3 heterocycles. The lowest BCUT2D eigenvalue weighted by Gasteiger charge is -2.06. The van der Waals surface area contributed by atoms with Crippen molar-refractivity contribution in [2.75, 3.05) is 6.61 Å². The molecule has 1 unspecified atom stereocenters. The predicted molar refractivity (Wildman–Crippen MR) is 88.0 cm³/mol. The van der Waals surface area contributed by atoms with Crippen LogP contribution in [-0.2, 0) is 11.3 Å². The Bertz CT molecular complexity index is 828.